The van der Waals surface area contributed by atoms with Crippen molar-refractivity contribution >= 4 is 22.4 Å². The average molecular weight is 817 g/mol. The molecule has 10 nitrogen and oxygen atoms in total. The number of ether oxygens (including phenoxy) is 4. The molecule has 1 heterocycles. The van der Waals surface area contributed by atoms with Gasteiger partial charge in [0.2, 0.25) is 11.7 Å². The lowest BCUT2D eigenvalue weighted by atomic mass is 9.55. The molecule has 60 heavy (non-hydrogen) atoms. The van der Waals surface area contributed by atoms with Gasteiger partial charge in [-0.15, -0.1) is 6.58 Å². The minimum absolute atomic E-state index is 0.0526. The molecule has 0 radical (unpaired) electrons. The summed E-state index contributed by atoms with van der Waals surface area (Å²) in [7, 11) is 3.19. The molecule has 0 saturated heterocycles. The molecule has 0 bridgehead atoms. The van der Waals surface area contributed by atoms with Gasteiger partial charge in [0.25, 0.3) is 0 Å². The third-order valence-electron chi connectivity index (χ3n) is 12.5. The van der Waals surface area contributed by atoms with Crippen LogP contribution < -0.4 is 14.2 Å². The molecule has 4 aromatic rings. The van der Waals surface area contributed by atoms with Crippen LogP contribution in [0.1, 0.15) is 75.3 Å². The SMILES string of the molecule is C=CCO[C@@]12Oc3ccc(Oc4ccc5ccccc5c4)cc3[C@H]3[C@H](CCCCO)[C@@H](CCCCO)C=C(C(=NOC)C[C@@H]1N(CCC)C(=O)Cc1cccc(OC)c1)[C@H]32. The predicted octanol–water partition coefficient (Wildman–Crippen LogP) is 9.39. The maximum Gasteiger partial charge on any atom is 0.239 e. The molecule has 0 aromatic heterocycles. The molecule has 10 heteroatoms. The van der Waals surface area contributed by atoms with Crippen LogP contribution >= 0.6 is 0 Å². The van der Waals surface area contributed by atoms with Crippen LogP contribution in [0.5, 0.6) is 23.0 Å². The number of oxime groups is 1. The number of benzene rings is 4. The summed E-state index contributed by atoms with van der Waals surface area (Å²) in [6, 6.07) is 27.4. The van der Waals surface area contributed by atoms with E-state index in [0.717, 1.165) is 64.6 Å². The Balaban J connectivity index is 1.40. The normalized spacial score (nSPS) is 23.5. The molecule has 3 aliphatic rings. The number of carbonyl (C=O) groups is 1. The van der Waals surface area contributed by atoms with Crippen molar-refractivity contribution < 1.29 is 38.8 Å². The van der Waals surface area contributed by atoms with Crippen LogP contribution in [0.2, 0.25) is 0 Å². The van der Waals surface area contributed by atoms with E-state index < -0.39 is 17.7 Å². The Morgan fingerprint density at radius 3 is 2.43 bits per heavy atom. The topological polar surface area (TPSA) is 119 Å². The monoisotopic (exact) mass is 816 g/mol. The van der Waals surface area contributed by atoms with Crippen molar-refractivity contribution in [3.8, 4) is 23.0 Å². The summed E-state index contributed by atoms with van der Waals surface area (Å²) in [5, 5.41) is 26.8. The van der Waals surface area contributed by atoms with Crippen LogP contribution in [0.15, 0.2) is 114 Å². The Labute approximate surface area is 354 Å². The van der Waals surface area contributed by atoms with Gasteiger partial charge < -0.3 is 38.9 Å². The number of allylic oxidation sites excluding steroid dienone is 1. The van der Waals surface area contributed by atoms with Gasteiger partial charge in [0.05, 0.1) is 31.8 Å². The van der Waals surface area contributed by atoms with Crippen LogP contribution in [0.4, 0.5) is 0 Å². The predicted molar refractivity (Wildman–Crippen MR) is 235 cm³/mol. The van der Waals surface area contributed by atoms with Gasteiger partial charge in [-0.05, 0) is 108 Å². The zero-order valence-electron chi connectivity index (χ0n) is 35.3. The van der Waals surface area contributed by atoms with Gasteiger partial charge >= 0.3 is 0 Å². The first-order chi connectivity index (χ1) is 29.4. The Kier molecular flexibility index (Phi) is 14.3. The van der Waals surface area contributed by atoms with E-state index in [1.165, 1.54) is 0 Å². The summed E-state index contributed by atoms with van der Waals surface area (Å²) in [4.78, 5) is 22.3. The molecule has 2 aliphatic carbocycles. The molecule has 318 valence electrons. The van der Waals surface area contributed by atoms with E-state index in [2.05, 4.69) is 49.9 Å². The summed E-state index contributed by atoms with van der Waals surface area (Å²) in [6.45, 7) is 7.04. The summed E-state index contributed by atoms with van der Waals surface area (Å²) in [5.74, 6) is 1.09. The number of aliphatic hydroxyl groups is 2. The van der Waals surface area contributed by atoms with Crippen molar-refractivity contribution in [2.45, 2.75) is 82.5 Å². The molecule has 1 saturated carbocycles. The Bertz CT molecular complexity index is 2170. The van der Waals surface area contributed by atoms with Gasteiger partial charge in [-0.25, -0.2) is 0 Å². The molecule has 1 aliphatic heterocycles. The molecule has 1 fully saturated rings. The minimum atomic E-state index is -1.32. The average Bonchev–Trinajstić information content (AvgIpc) is 3.26. The lowest BCUT2D eigenvalue weighted by Crippen LogP contribution is -2.70. The highest BCUT2D eigenvalue weighted by atomic mass is 16.7. The lowest BCUT2D eigenvalue weighted by Gasteiger charge is -2.60. The van der Waals surface area contributed by atoms with Crippen molar-refractivity contribution in [2.24, 2.45) is 22.9 Å². The second-order valence-corrected chi connectivity index (χ2v) is 16.2. The van der Waals surface area contributed by atoms with Crippen molar-refractivity contribution in [1.29, 1.82) is 0 Å². The van der Waals surface area contributed by atoms with E-state index in [4.69, 9.17) is 28.9 Å². The molecule has 1 amide bonds. The Morgan fingerprint density at radius 2 is 1.68 bits per heavy atom. The number of nitrogens with zero attached hydrogens (tertiary/aromatic N) is 2. The van der Waals surface area contributed by atoms with Crippen molar-refractivity contribution in [2.75, 3.05) is 40.6 Å². The molecule has 6 atom stereocenters. The summed E-state index contributed by atoms with van der Waals surface area (Å²) >= 11 is 0. The third-order valence-corrected chi connectivity index (χ3v) is 12.5. The van der Waals surface area contributed by atoms with Crippen LogP contribution in [0, 0.1) is 17.8 Å². The maximum absolute atomic E-state index is 14.8. The number of carbonyl (C=O) groups excluding carboxylic acids is 1. The minimum Gasteiger partial charge on any atom is -0.497 e. The van der Waals surface area contributed by atoms with E-state index in [1.54, 1.807) is 20.3 Å². The highest BCUT2D eigenvalue weighted by Crippen LogP contribution is 2.62. The number of rotatable bonds is 20. The molecular weight excluding hydrogens is 757 g/mol. The largest absolute Gasteiger partial charge is 0.497 e. The Hall–Kier alpha value is -5.16. The highest BCUT2D eigenvalue weighted by Gasteiger charge is 2.65. The van der Waals surface area contributed by atoms with E-state index in [-0.39, 0.29) is 49.9 Å². The van der Waals surface area contributed by atoms with E-state index >= 15 is 0 Å². The van der Waals surface area contributed by atoms with Gasteiger partial charge in [-0.1, -0.05) is 79.5 Å². The second kappa shape index (κ2) is 19.9. The molecule has 7 rings (SSSR count). The number of methoxy groups -OCH3 is 1. The van der Waals surface area contributed by atoms with Gasteiger partial charge in [-0.2, -0.15) is 0 Å². The quantitative estimate of drug-likeness (QED) is 0.0515. The first-order valence-corrected chi connectivity index (χ1v) is 21.6. The highest BCUT2D eigenvalue weighted by molar-refractivity contribution is 6.03. The molecule has 4 aromatic carbocycles. The van der Waals surface area contributed by atoms with Crippen LogP contribution in [-0.4, -0.2) is 79.1 Å². The fraction of sp³-hybridized carbons (Fsp3) is 0.440. The third kappa shape index (κ3) is 8.97. The van der Waals surface area contributed by atoms with Crippen molar-refractivity contribution in [3.05, 3.63) is 120 Å². The Morgan fingerprint density at radius 1 is 0.917 bits per heavy atom. The second-order valence-electron chi connectivity index (χ2n) is 16.2. The van der Waals surface area contributed by atoms with E-state index in [9.17, 15) is 15.0 Å². The van der Waals surface area contributed by atoms with E-state index in [1.807, 2.05) is 59.5 Å². The smallest absolute Gasteiger partial charge is 0.239 e. The van der Waals surface area contributed by atoms with Crippen molar-refractivity contribution in [1.82, 2.24) is 4.90 Å². The van der Waals surface area contributed by atoms with Crippen LogP contribution in [-0.2, 0) is 20.8 Å². The van der Waals surface area contributed by atoms with Crippen LogP contribution in [0.25, 0.3) is 10.8 Å². The fourth-order valence-electron chi connectivity index (χ4n) is 9.94. The first kappa shape index (κ1) is 42.9. The number of aliphatic hydroxyl groups excluding tert-OH is 2. The zero-order valence-corrected chi connectivity index (χ0v) is 35.3. The lowest BCUT2D eigenvalue weighted by molar-refractivity contribution is -0.257. The number of hydrogen-bond acceptors (Lipinski definition) is 9. The fourth-order valence-corrected chi connectivity index (χ4v) is 9.94. The molecular formula is C50H60N2O8. The van der Waals surface area contributed by atoms with Crippen LogP contribution in [0.3, 0.4) is 0 Å². The zero-order chi connectivity index (χ0) is 42.1. The standard InChI is InChI=1S/C50H60N2O8/c1-5-24-52(47(55)29-34-14-13-18-38(28-34)56-3)46-33-44(51-57-4)42-31-37(17-9-11-25-53)41(19-10-12-26-54)48-43-32-40(59-39-21-20-35-15-7-8-16-36(35)30-39)22-23-45(43)60-50(46,49(42)48)58-27-6-2/h6-8,13-16,18,20-23,28,30-32,37,41,46,48-49,53-54H,2,5,9-12,17,19,24-27,29,33H2,1,3-4H3/t37-,41+,46-,48+,49+,50+/m0/s1. The summed E-state index contributed by atoms with van der Waals surface area (Å²) in [5.41, 5.74) is 3.62. The number of amides is 1. The molecule has 2 N–H and O–H groups in total. The summed E-state index contributed by atoms with van der Waals surface area (Å²) in [6.07, 6.45) is 10.1. The molecule has 0 spiro atoms. The van der Waals surface area contributed by atoms with Crippen molar-refractivity contribution in [3.63, 3.8) is 0 Å². The number of fused-ring (bicyclic) bond motifs is 3. The first-order valence-electron chi connectivity index (χ1n) is 21.6. The number of unbranched alkanes of at least 4 members (excludes halogenated alkanes) is 2. The summed E-state index contributed by atoms with van der Waals surface area (Å²) < 4.78 is 26.6. The van der Waals surface area contributed by atoms with E-state index in [0.29, 0.717) is 49.5 Å². The number of hydrogen-bond donors (Lipinski definition) is 2. The molecule has 0 unspecified atom stereocenters. The maximum atomic E-state index is 14.8. The van der Waals surface area contributed by atoms with Gasteiger partial charge in [-0.3, -0.25) is 4.79 Å². The van der Waals surface area contributed by atoms with Gasteiger partial charge in [0.1, 0.15) is 36.1 Å². The van der Waals surface area contributed by atoms with Gasteiger partial charge in [0.15, 0.2) is 0 Å². The van der Waals surface area contributed by atoms with Gasteiger partial charge in [0, 0.05) is 37.7 Å².